The predicted octanol–water partition coefficient (Wildman–Crippen LogP) is 3.36. The maximum Gasteiger partial charge on any atom is 0.126 e. The highest BCUT2D eigenvalue weighted by molar-refractivity contribution is 5.44. The summed E-state index contributed by atoms with van der Waals surface area (Å²) in [6, 6.07) is 15.6. The van der Waals surface area contributed by atoms with Crippen LogP contribution < -0.4 is 14.8 Å². The van der Waals surface area contributed by atoms with Crippen LogP contribution in [0.3, 0.4) is 0 Å². The standard InChI is InChI=1S/C23H26N2O3/c1-27-18-7-9-21-19(14-18)22(26)20(23(28-21)10-12-25-13-11-23)8-6-16-2-4-17(15-24)5-3-16/h2-5,7,9,14,20,22,25-26H,6,8,10-13H2,1H3. The number of ether oxygens (including phenoxy) is 2. The van der Waals surface area contributed by atoms with Crippen LogP contribution in [0, 0.1) is 17.2 Å². The van der Waals surface area contributed by atoms with Crippen LogP contribution in [-0.2, 0) is 6.42 Å². The number of methoxy groups -OCH3 is 1. The number of hydrogen-bond donors (Lipinski definition) is 2. The molecule has 2 unspecified atom stereocenters. The second-order valence-electron chi connectivity index (χ2n) is 7.72. The van der Waals surface area contributed by atoms with Gasteiger partial charge in [-0.25, -0.2) is 0 Å². The lowest BCUT2D eigenvalue weighted by molar-refractivity contribution is -0.0952. The summed E-state index contributed by atoms with van der Waals surface area (Å²) in [5, 5.41) is 23.7. The first-order chi connectivity index (χ1) is 13.6. The molecule has 5 heteroatoms. The Bertz CT molecular complexity index is 866. The Morgan fingerprint density at radius 2 is 1.96 bits per heavy atom. The quantitative estimate of drug-likeness (QED) is 0.853. The number of nitriles is 1. The number of aliphatic hydroxyl groups excluding tert-OH is 1. The van der Waals surface area contributed by atoms with Gasteiger partial charge in [0, 0.05) is 11.5 Å². The normalized spacial score (nSPS) is 22.8. The van der Waals surface area contributed by atoms with Crippen LogP contribution in [0.2, 0.25) is 0 Å². The number of aliphatic hydroxyl groups is 1. The van der Waals surface area contributed by atoms with Crippen molar-refractivity contribution in [1.82, 2.24) is 5.32 Å². The molecule has 0 aromatic heterocycles. The summed E-state index contributed by atoms with van der Waals surface area (Å²) in [6.45, 7) is 1.79. The lowest BCUT2D eigenvalue weighted by Crippen LogP contribution is -2.55. The zero-order valence-electron chi connectivity index (χ0n) is 16.1. The van der Waals surface area contributed by atoms with Gasteiger partial charge in [0.05, 0.1) is 24.8 Å². The van der Waals surface area contributed by atoms with Gasteiger partial charge in [-0.1, -0.05) is 12.1 Å². The maximum absolute atomic E-state index is 11.3. The second kappa shape index (κ2) is 7.83. The first-order valence-corrected chi connectivity index (χ1v) is 9.90. The average molecular weight is 378 g/mol. The first-order valence-electron chi connectivity index (χ1n) is 9.90. The molecule has 1 spiro atoms. The van der Waals surface area contributed by atoms with Crippen molar-refractivity contribution in [3.63, 3.8) is 0 Å². The Labute approximate surface area is 165 Å². The lowest BCUT2D eigenvalue weighted by Gasteiger charge is -2.49. The SMILES string of the molecule is COc1ccc2c(c1)C(O)C(CCc1ccc(C#N)cc1)C1(CCNCC1)O2. The average Bonchev–Trinajstić information content (AvgIpc) is 2.74. The fourth-order valence-corrected chi connectivity index (χ4v) is 4.59. The van der Waals surface area contributed by atoms with Gasteiger partial charge in [-0.15, -0.1) is 0 Å². The largest absolute Gasteiger partial charge is 0.497 e. The molecule has 0 radical (unpaired) electrons. The minimum absolute atomic E-state index is 0.00449. The van der Waals surface area contributed by atoms with Crippen molar-refractivity contribution in [2.45, 2.75) is 37.4 Å². The molecule has 2 aliphatic rings. The minimum atomic E-state index is -0.588. The molecule has 0 bridgehead atoms. The van der Waals surface area contributed by atoms with E-state index >= 15 is 0 Å². The van der Waals surface area contributed by atoms with Gasteiger partial charge in [0.2, 0.25) is 0 Å². The summed E-state index contributed by atoms with van der Waals surface area (Å²) in [5.41, 5.74) is 2.31. The summed E-state index contributed by atoms with van der Waals surface area (Å²) in [7, 11) is 1.63. The topological polar surface area (TPSA) is 74.5 Å². The molecule has 2 N–H and O–H groups in total. The molecule has 4 rings (SSSR count). The van der Waals surface area contributed by atoms with Gasteiger partial charge in [-0.2, -0.15) is 5.26 Å². The Morgan fingerprint density at radius 1 is 1.21 bits per heavy atom. The summed E-state index contributed by atoms with van der Waals surface area (Å²) in [6.07, 6.45) is 2.84. The van der Waals surface area contributed by atoms with E-state index in [4.69, 9.17) is 14.7 Å². The fraction of sp³-hybridized carbons (Fsp3) is 0.435. The molecule has 2 aliphatic heterocycles. The molecule has 2 heterocycles. The van der Waals surface area contributed by atoms with Crippen molar-refractivity contribution in [3.8, 4) is 17.6 Å². The van der Waals surface area contributed by atoms with Crippen LogP contribution >= 0.6 is 0 Å². The molecule has 0 aliphatic carbocycles. The summed E-state index contributed by atoms with van der Waals surface area (Å²) < 4.78 is 11.9. The maximum atomic E-state index is 11.3. The molecular formula is C23H26N2O3. The molecule has 2 atom stereocenters. The van der Waals surface area contributed by atoms with Crippen molar-refractivity contribution in [2.75, 3.05) is 20.2 Å². The zero-order valence-corrected chi connectivity index (χ0v) is 16.1. The molecule has 1 saturated heterocycles. The van der Waals surface area contributed by atoms with Gasteiger partial charge in [0.1, 0.15) is 17.1 Å². The van der Waals surface area contributed by atoms with Crippen molar-refractivity contribution in [2.24, 2.45) is 5.92 Å². The summed E-state index contributed by atoms with van der Waals surface area (Å²) in [5.74, 6) is 1.50. The number of aryl methyl sites for hydroxylation is 1. The molecule has 5 nitrogen and oxygen atoms in total. The fourth-order valence-electron chi connectivity index (χ4n) is 4.59. The van der Waals surface area contributed by atoms with E-state index in [-0.39, 0.29) is 11.5 Å². The molecule has 28 heavy (non-hydrogen) atoms. The van der Waals surface area contributed by atoms with Crippen LogP contribution in [-0.4, -0.2) is 30.9 Å². The van der Waals surface area contributed by atoms with Crippen LogP contribution in [0.4, 0.5) is 0 Å². The summed E-state index contributed by atoms with van der Waals surface area (Å²) in [4.78, 5) is 0. The van der Waals surface area contributed by atoms with Gasteiger partial charge in [-0.3, -0.25) is 0 Å². The Morgan fingerprint density at radius 3 is 2.64 bits per heavy atom. The molecule has 0 amide bonds. The van der Waals surface area contributed by atoms with E-state index in [1.807, 2.05) is 42.5 Å². The van der Waals surface area contributed by atoms with E-state index in [2.05, 4.69) is 11.4 Å². The van der Waals surface area contributed by atoms with Gasteiger partial charge in [0.15, 0.2) is 0 Å². The first kappa shape index (κ1) is 18.8. The van der Waals surface area contributed by atoms with E-state index in [9.17, 15) is 5.11 Å². The van der Waals surface area contributed by atoms with Gasteiger partial charge < -0.3 is 19.9 Å². The number of nitrogens with one attached hydrogen (secondary N) is 1. The van der Waals surface area contributed by atoms with Crippen LogP contribution in [0.1, 0.15) is 42.1 Å². The van der Waals surface area contributed by atoms with Crippen LogP contribution in [0.5, 0.6) is 11.5 Å². The number of rotatable bonds is 4. The Kier molecular flexibility index (Phi) is 5.25. The lowest BCUT2D eigenvalue weighted by atomic mass is 9.70. The van der Waals surface area contributed by atoms with E-state index in [1.54, 1.807) is 7.11 Å². The number of benzene rings is 2. The van der Waals surface area contributed by atoms with Crippen LogP contribution in [0.15, 0.2) is 42.5 Å². The van der Waals surface area contributed by atoms with Gasteiger partial charge >= 0.3 is 0 Å². The van der Waals surface area contributed by atoms with Crippen LogP contribution in [0.25, 0.3) is 0 Å². The van der Waals surface area contributed by atoms with Crippen molar-refractivity contribution in [3.05, 3.63) is 59.2 Å². The van der Waals surface area contributed by atoms with E-state index in [0.717, 1.165) is 55.8 Å². The Hall–Kier alpha value is -2.55. The van der Waals surface area contributed by atoms with Crippen molar-refractivity contribution < 1.29 is 14.6 Å². The monoisotopic (exact) mass is 378 g/mol. The zero-order chi connectivity index (χ0) is 19.6. The van der Waals surface area contributed by atoms with E-state index in [0.29, 0.717) is 5.56 Å². The van der Waals surface area contributed by atoms with Crippen molar-refractivity contribution >= 4 is 0 Å². The third-order valence-corrected chi connectivity index (χ3v) is 6.18. The second-order valence-corrected chi connectivity index (χ2v) is 7.72. The van der Waals surface area contributed by atoms with E-state index in [1.165, 1.54) is 5.56 Å². The molecule has 1 fully saturated rings. The molecule has 146 valence electrons. The molecule has 2 aromatic rings. The van der Waals surface area contributed by atoms with Gasteiger partial charge in [-0.05, 0) is 74.7 Å². The highest BCUT2D eigenvalue weighted by Crippen LogP contribution is 2.50. The highest BCUT2D eigenvalue weighted by Gasteiger charge is 2.49. The number of hydrogen-bond acceptors (Lipinski definition) is 5. The third kappa shape index (κ3) is 3.46. The number of fused-ring (bicyclic) bond motifs is 1. The third-order valence-electron chi connectivity index (χ3n) is 6.18. The van der Waals surface area contributed by atoms with E-state index < -0.39 is 6.10 Å². The van der Waals surface area contributed by atoms with Crippen molar-refractivity contribution in [1.29, 1.82) is 5.26 Å². The molecular weight excluding hydrogens is 352 g/mol. The number of piperidine rings is 1. The Balaban J connectivity index is 1.62. The minimum Gasteiger partial charge on any atom is -0.497 e. The number of nitrogens with zero attached hydrogens (tertiary/aromatic N) is 1. The van der Waals surface area contributed by atoms with Gasteiger partial charge in [0.25, 0.3) is 0 Å². The molecule has 0 saturated carbocycles. The molecule has 2 aromatic carbocycles. The smallest absolute Gasteiger partial charge is 0.126 e. The summed E-state index contributed by atoms with van der Waals surface area (Å²) >= 11 is 0. The highest BCUT2D eigenvalue weighted by atomic mass is 16.5. The predicted molar refractivity (Wildman–Crippen MR) is 106 cm³/mol.